The molecule has 0 bridgehead atoms. The van der Waals surface area contributed by atoms with Gasteiger partial charge in [0, 0.05) is 13.1 Å². The lowest BCUT2D eigenvalue weighted by Gasteiger charge is -2.12. The summed E-state index contributed by atoms with van der Waals surface area (Å²) in [4.78, 5) is 4.02. The number of hydrogen-bond acceptors (Lipinski definition) is 4. The minimum absolute atomic E-state index is 0. The molecule has 1 rings (SSSR count). The normalized spacial score (nSPS) is 16.8. The SMILES string of the molecule is I.NNC1=NCCCN1. The van der Waals surface area contributed by atoms with Gasteiger partial charge in [-0.25, -0.2) is 5.84 Å². The maximum Gasteiger partial charge on any atom is 0.205 e. The van der Waals surface area contributed by atoms with Gasteiger partial charge in [-0.3, -0.25) is 10.4 Å². The molecular formula is C4H11IN4. The fraction of sp³-hybridized carbons (Fsp3) is 0.750. The number of hydrazine groups is 1. The molecule has 1 aliphatic heterocycles. The molecule has 0 saturated carbocycles. The Morgan fingerprint density at radius 1 is 1.67 bits per heavy atom. The molecule has 0 saturated heterocycles. The first kappa shape index (κ1) is 8.96. The van der Waals surface area contributed by atoms with Gasteiger partial charge in [-0.05, 0) is 6.42 Å². The van der Waals surface area contributed by atoms with Crippen molar-refractivity contribution in [3.8, 4) is 0 Å². The Labute approximate surface area is 71.3 Å². The second-order valence-corrected chi connectivity index (χ2v) is 1.65. The Balaban J connectivity index is 0.000000640. The summed E-state index contributed by atoms with van der Waals surface area (Å²) in [6.07, 6.45) is 1.10. The van der Waals surface area contributed by atoms with Crippen LogP contribution in [-0.2, 0) is 0 Å². The van der Waals surface area contributed by atoms with Crippen molar-refractivity contribution < 1.29 is 0 Å². The molecule has 0 atom stereocenters. The average Bonchev–Trinajstić information content (AvgIpc) is 1.90. The van der Waals surface area contributed by atoms with Crippen LogP contribution in [0.15, 0.2) is 4.99 Å². The lowest BCUT2D eigenvalue weighted by atomic mass is 10.4. The van der Waals surface area contributed by atoms with Crippen LogP contribution in [0.2, 0.25) is 0 Å². The van der Waals surface area contributed by atoms with Gasteiger partial charge in [-0.1, -0.05) is 0 Å². The summed E-state index contributed by atoms with van der Waals surface area (Å²) in [7, 11) is 0. The molecule has 4 N–H and O–H groups in total. The van der Waals surface area contributed by atoms with Crippen LogP contribution in [0.4, 0.5) is 0 Å². The molecule has 0 spiro atoms. The third-order valence-electron chi connectivity index (χ3n) is 1.03. The zero-order valence-electron chi connectivity index (χ0n) is 5.05. The number of aliphatic imine (C=N–C) groups is 1. The number of nitrogens with one attached hydrogen (secondary N) is 2. The van der Waals surface area contributed by atoms with E-state index in [1.165, 1.54) is 0 Å². The highest BCUT2D eigenvalue weighted by Crippen LogP contribution is 1.84. The van der Waals surface area contributed by atoms with Gasteiger partial charge < -0.3 is 5.32 Å². The van der Waals surface area contributed by atoms with Crippen LogP contribution in [0.1, 0.15) is 6.42 Å². The molecule has 1 aliphatic rings. The monoisotopic (exact) mass is 242 g/mol. The predicted molar refractivity (Wildman–Crippen MR) is 47.7 cm³/mol. The third-order valence-corrected chi connectivity index (χ3v) is 1.03. The molecule has 0 unspecified atom stereocenters. The van der Waals surface area contributed by atoms with E-state index >= 15 is 0 Å². The highest BCUT2D eigenvalue weighted by Gasteiger charge is 1.98. The smallest absolute Gasteiger partial charge is 0.205 e. The van der Waals surface area contributed by atoms with Crippen LogP contribution in [0.3, 0.4) is 0 Å². The molecule has 54 valence electrons. The Morgan fingerprint density at radius 2 is 2.44 bits per heavy atom. The summed E-state index contributed by atoms with van der Waals surface area (Å²) in [5, 5.41) is 2.98. The molecule has 0 aromatic heterocycles. The van der Waals surface area contributed by atoms with Crippen molar-refractivity contribution in [2.45, 2.75) is 6.42 Å². The lowest BCUT2D eigenvalue weighted by Crippen LogP contribution is -2.44. The van der Waals surface area contributed by atoms with Crippen molar-refractivity contribution >= 4 is 29.9 Å². The van der Waals surface area contributed by atoms with Gasteiger partial charge in [0.2, 0.25) is 5.96 Å². The Hall–Kier alpha value is -0.0400. The first-order valence-corrected chi connectivity index (χ1v) is 2.68. The molecule has 0 fully saturated rings. The Bertz CT molecular complexity index is 103. The van der Waals surface area contributed by atoms with Gasteiger partial charge in [0.25, 0.3) is 0 Å². The number of halogens is 1. The predicted octanol–water partition coefficient (Wildman–Crippen LogP) is -0.583. The lowest BCUT2D eigenvalue weighted by molar-refractivity contribution is 0.711. The maximum absolute atomic E-state index is 5.06. The highest BCUT2D eigenvalue weighted by molar-refractivity contribution is 14.0. The van der Waals surface area contributed by atoms with Gasteiger partial charge in [0.1, 0.15) is 0 Å². The van der Waals surface area contributed by atoms with Gasteiger partial charge in [0.15, 0.2) is 0 Å². The summed E-state index contributed by atoms with van der Waals surface area (Å²) in [6.45, 7) is 1.86. The summed E-state index contributed by atoms with van der Waals surface area (Å²) >= 11 is 0. The van der Waals surface area contributed by atoms with Crippen molar-refractivity contribution in [2.24, 2.45) is 10.8 Å². The standard InChI is InChI=1S/C4H10N4.HI/c5-8-4-6-2-1-3-7-4;/h1-3,5H2,(H2,6,7,8);1H. The number of guanidine groups is 1. The topological polar surface area (TPSA) is 62.4 Å². The van der Waals surface area contributed by atoms with Gasteiger partial charge in [-0.2, -0.15) is 0 Å². The van der Waals surface area contributed by atoms with E-state index in [9.17, 15) is 0 Å². The highest BCUT2D eigenvalue weighted by atomic mass is 127. The van der Waals surface area contributed by atoms with Crippen molar-refractivity contribution in [1.82, 2.24) is 10.7 Å². The molecule has 1 heterocycles. The largest absolute Gasteiger partial charge is 0.355 e. The third kappa shape index (κ3) is 2.85. The second kappa shape index (κ2) is 4.80. The van der Waals surface area contributed by atoms with E-state index in [2.05, 4.69) is 15.7 Å². The van der Waals surface area contributed by atoms with Crippen LogP contribution >= 0.6 is 24.0 Å². The minimum Gasteiger partial charge on any atom is -0.355 e. The second-order valence-electron chi connectivity index (χ2n) is 1.65. The van der Waals surface area contributed by atoms with E-state index in [1.54, 1.807) is 0 Å². The van der Waals surface area contributed by atoms with E-state index in [0.717, 1.165) is 19.5 Å². The molecule has 4 nitrogen and oxygen atoms in total. The first-order chi connectivity index (χ1) is 3.93. The van der Waals surface area contributed by atoms with E-state index in [0.29, 0.717) is 5.96 Å². The molecule has 0 aromatic carbocycles. The van der Waals surface area contributed by atoms with Crippen molar-refractivity contribution in [3.05, 3.63) is 0 Å². The van der Waals surface area contributed by atoms with Crippen LogP contribution in [0.25, 0.3) is 0 Å². The van der Waals surface area contributed by atoms with E-state index in [1.807, 2.05) is 0 Å². The molecular weight excluding hydrogens is 231 g/mol. The van der Waals surface area contributed by atoms with Crippen molar-refractivity contribution in [2.75, 3.05) is 13.1 Å². The first-order valence-electron chi connectivity index (χ1n) is 2.68. The molecule has 0 aromatic rings. The van der Waals surface area contributed by atoms with Gasteiger partial charge in [0.05, 0.1) is 0 Å². The quantitative estimate of drug-likeness (QED) is 0.302. The van der Waals surface area contributed by atoms with Crippen molar-refractivity contribution in [1.29, 1.82) is 0 Å². The molecule has 5 heteroatoms. The Kier molecular flexibility index (Phi) is 4.78. The van der Waals surface area contributed by atoms with E-state index < -0.39 is 0 Å². The fourth-order valence-corrected chi connectivity index (χ4v) is 0.629. The van der Waals surface area contributed by atoms with E-state index in [4.69, 9.17) is 5.84 Å². The average molecular weight is 242 g/mol. The zero-order valence-corrected chi connectivity index (χ0v) is 7.38. The number of hydrogen-bond donors (Lipinski definition) is 3. The minimum atomic E-state index is 0. The summed E-state index contributed by atoms with van der Waals surface area (Å²) in [6, 6.07) is 0. The van der Waals surface area contributed by atoms with E-state index in [-0.39, 0.29) is 24.0 Å². The van der Waals surface area contributed by atoms with Crippen molar-refractivity contribution in [3.63, 3.8) is 0 Å². The molecule has 0 radical (unpaired) electrons. The fourth-order valence-electron chi connectivity index (χ4n) is 0.629. The van der Waals surface area contributed by atoms with Crippen LogP contribution in [-0.4, -0.2) is 19.0 Å². The number of nitrogens with zero attached hydrogens (tertiary/aromatic N) is 1. The van der Waals surface area contributed by atoms with Gasteiger partial charge in [-0.15, -0.1) is 24.0 Å². The van der Waals surface area contributed by atoms with Crippen LogP contribution in [0.5, 0.6) is 0 Å². The van der Waals surface area contributed by atoms with Gasteiger partial charge >= 0.3 is 0 Å². The van der Waals surface area contributed by atoms with Crippen LogP contribution < -0.4 is 16.6 Å². The number of rotatable bonds is 0. The summed E-state index contributed by atoms with van der Waals surface area (Å²) in [5.41, 5.74) is 2.44. The summed E-state index contributed by atoms with van der Waals surface area (Å²) < 4.78 is 0. The zero-order chi connectivity index (χ0) is 5.82. The maximum atomic E-state index is 5.06. The molecule has 0 amide bonds. The number of nitrogens with two attached hydrogens (primary N) is 1. The van der Waals surface area contributed by atoms with Crippen LogP contribution in [0, 0.1) is 0 Å². The Morgan fingerprint density at radius 3 is 2.78 bits per heavy atom. The molecule has 0 aliphatic carbocycles. The summed E-state index contributed by atoms with van der Waals surface area (Å²) in [5.74, 6) is 5.76. The molecule has 9 heavy (non-hydrogen) atoms.